The summed E-state index contributed by atoms with van der Waals surface area (Å²) < 4.78 is 0. The van der Waals surface area contributed by atoms with Gasteiger partial charge in [0.1, 0.15) is 0 Å². The molecule has 0 amide bonds. The third-order valence-electron chi connectivity index (χ3n) is 6.65. The summed E-state index contributed by atoms with van der Waals surface area (Å²) in [6, 6.07) is 10.1. The Balaban J connectivity index is 1.53. The van der Waals surface area contributed by atoms with Crippen molar-refractivity contribution in [2.24, 2.45) is 11.3 Å². The highest BCUT2D eigenvalue weighted by Gasteiger charge is 2.44. The van der Waals surface area contributed by atoms with E-state index in [9.17, 15) is 5.11 Å². The molecule has 0 unspecified atom stereocenters. The van der Waals surface area contributed by atoms with Crippen molar-refractivity contribution in [2.45, 2.75) is 32.2 Å². The summed E-state index contributed by atoms with van der Waals surface area (Å²) in [7, 11) is 0. The van der Waals surface area contributed by atoms with E-state index in [4.69, 9.17) is 5.26 Å². The van der Waals surface area contributed by atoms with E-state index in [1.807, 2.05) is 23.9 Å². The molecule has 4 nitrogen and oxygen atoms in total. The number of aliphatic hydroxyl groups is 1. The number of rotatable bonds is 7. The second-order valence-electron chi connectivity index (χ2n) is 8.22. The predicted molar refractivity (Wildman–Crippen MR) is 113 cm³/mol. The summed E-state index contributed by atoms with van der Waals surface area (Å²) in [4.78, 5) is 5.11. The normalized spacial score (nSPS) is 23.4. The molecule has 0 saturated carbocycles. The van der Waals surface area contributed by atoms with Gasteiger partial charge in [-0.1, -0.05) is 12.1 Å². The van der Waals surface area contributed by atoms with Gasteiger partial charge in [-0.15, -0.1) is 0 Å². The van der Waals surface area contributed by atoms with Crippen LogP contribution in [0.1, 0.15) is 36.8 Å². The number of hydrogen-bond acceptors (Lipinski definition) is 5. The van der Waals surface area contributed by atoms with E-state index in [-0.39, 0.29) is 0 Å². The molecule has 1 spiro atoms. The molecule has 0 radical (unpaired) electrons. The monoisotopic (exact) mass is 387 g/mol. The number of thioether (sulfide) groups is 1. The average Bonchev–Trinajstić information content (AvgIpc) is 2.72. The Morgan fingerprint density at radius 3 is 2.41 bits per heavy atom. The highest BCUT2D eigenvalue weighted by Crippen LogP contribution is 2.45. The third-order valence-corrected chi connectivity index (χ3v) is 7.35. The number of likely N-dealkylation sites (tertiary alicyclic amines) is 2. The maximum atomic E-state index is 10.1. The van der Waals surface area contributed by atoms with Gasteiger partial charge < -0.3 is 10.0 Å². The fourth-order valence-electron chi connectivity index (χ4n) is 4.83. The molecular formula is C22H33N3OS. The predicted octanol–water partition coefficient (Wildman–Crippen LogP) is 3.21. The van der Waals surface area contributed by atoms with Crippen molar-refractivity contribution in [3.63, 3.8) is 0 Å². The van der Waals surface area contributed by atoms with Crippen LogP contribution in [0.3, 0.4) is 0 Å². The average molecular weight is 388 g/mol. The van der Waals surface area contributed by atoms with Gasteiger partial charge in [-0.3, -0.25) is 4.90 Å². The zero-order chi connectivity index (χ0) is 19.1. The second-order valence-corrected chi connectivity index (χ2v) is 9.21. The van der Waals surface area contributed by atoms with E-state index < -0.39 is 0 Å². The molecule has 0 aromatic heterocycles. The number of hydrogen-bond donors (Lipinski definition) is 1. The Hall–Kier alpha value is -1.06. The molecule has 1 aromatic rings. The Kier molecular flexibility index (Phi) is 7.60. The van der Waals surface area contributed by atoms with Crippen LogP contribution in [-0.4, -0.2) is 66.2 Å². The molecule has 0 aliphatic carbocycles. The van der Waals surface area contributed by atoms with Crippen LogP contribution in [0.5, 0.6) is 0 Å². The Labute approximate surface area is 168 Å². The largest absolute Gasteiger partial charge is 0.396 e. The van der Waals surface area contributed by atoms with E-state index in [2.05, 4.69) is 34.3 Å². The van der Waals surface area contributed by atoms with Gasteiger partial charge in [-0.05, 0) is 87.0 Å². The van der Waals surface area contributed by atoms with E-state index in [1.165, 1.54) is 56.6 Å². The summed E-state index contributed by atoms with van der Waals surface area (Å²) >= 11 is 1.94. The molecule has 1 atom stereocenters. The molecular weight excluding hydrogens is 354 g/mol. The third kappa shape index (κ3) is 5.26. The molecule has 3 rings (SSSR count). The zero-order valence-corrected chi connectivity index (χ0v) is 17.4. The summed E-state index contributed by atoms with van der Waals surface area (Å²) in [5.41, 5.74) is 2.31. The van der Waals surface area contributed by atoms with Crippen molar-refractivity contribution in [2.75, 3.05) is 51.3 Å². The van der Waals surface area contributed by atoms with Crippen LogP contribution in [0.4, 0.5) is 0 Å². The summed E-state index contributed by atoms with van der Waals surface area (Å²) in [6.45, 7) is 6.94. The van der Waals surface area contributed by atoms with Gasteiger partial charge in [0.2, 0.25) is 0 Å². The van der Waals surface area contributed by atoms with Gasteiger partial charge in [0.15, 0.2) is 0 Å². The molecule has 2 saturated heterocycles. The molecule has 2 fully saturated rings. The van der Waals surface area contributed by atoms with Crippen LogP contribution >= 0.6 is 11.8 Å². The standard InChI is InChI=1S/C22H33N3OS/c1-27-14-2-10-24-11-7-22(8-12-24)9-13-25(17-21(22)18-26)16-20-5-3-19(15-23)4-6-20/h3-6,21,26H,2,7-14,16-18H2,1H3/t21-/m0/s1. The van der Waals surface area contributed by atoms with E-state index in [0.29, 0.717) is 23.5 Å². The maximum Gasteiger partial charge on any atom is 0.0991 e. The lowest BCUT2D eigenvalue weighted by molar-refractivity contribution is -0.0436. The first-order valence-corrected chi connectivity index (χ1v) is 11.6. The van der Waals surface area contributed by atoms with Crippen LogP contribution < -0.4 is 0 Å². The number of piperidine rings is 2. The molecule has 1 aromatic carbocycles. The van der Waals surface area contributed by atoms with Gasteiger partial charge in [-0.2, -0.15) is 17.0 Å². The van der Waals surface area contributed by atoms with Gasteiger partial charge in [0.25, 0.3) is 0 Å². The molecule has 148 valence electrons. The van der Waals surface area contributed by atoms with Crippen molar-refractivity contribution < 1.29 is 5.11 Å². The lowest BCUT2D eigenvalue weighted by Gasteiger charge is -2.51. The highest BCUT2D eigenvalue weighted by molar-refractivity contribution is 7.98. The van der Waals surface area contributed by atoms with Crippen molar-refractivity contribution in [1.29, 1.82) is 5.26 Å². The molecule has 0 bridgehead atoms. The van der Waals surface area contributed by atoms with E-state index >= 15 is 0 Å². The van der Waals surface area contributed by atoms with Crippen molar-refractivity contribution in [3.8, 4) is 6.07 Å². The summed E-state index contributed by atoms with van der Waals surface area (Å²) in [5.74, 6) is 1.64. The van der Waals surface area contributed by atoms with Crippen LogP contribution in [0, 0.1) is 22.7 Å². The van der Waals surface area contributed by atoms with Gasteiger partial charge >= 0.3 is 0 Å². The van der Waals surface area contributed by atoms with Crippen LogP contribution in [0.2, 0.25) is 0 Å². The SMILES string of the molecule is CSCCCN1CCC2(CC1)CCN(Cc1ccc(C#N)cc1)C[C@H]2CO. The lowest BCUT2D eigenvalue weighted by Crippen LogP contribution is -2.53. The van der Waals surface area contributed by atoms with Crippen LogP contribution in [0.15, 0.2) is 24.3 Å². The first-order chi connectivity index (χ1) is 13.2. The summed E-state index contributed by atoms with van der Waals surface area (Å²) in [6.07, 6.45) is 7.15. The van der Waals surface area contributed by atoms with Crippen molar-refractivity contribution >= 4 is 11.8 Å². The minimum atomic E-state index is 0.302. The Morgan fingerprint density at radius 2 is 1.81 bits per heavy atom. The fraction of sp³-hybridized carbons (Fsp3) is 0.682. The lowest BCUT2D eigenvalue weighted by atomic mass is 9.64. The molecule has 1 N–H and O–H groups in total. The molecule has 5 heteroatoms. The molecule has 27 heavy (non-hydrogen) atoms. The Bertz CT molecular complexity index is 619. The smallest absolute Gasteiger partial charge is 0.0991 e. The molecule has 2 aliphatic heterocycles. The van der Waals surface area contributed by atoms with Crippen molar-refractivity contribution in [1.82, 2.24) is 9.80 Å². The number of benzene rings is 1. The first kappa shape index (κ1) is 20.7. The van der Waals surface area contributed by atoms with Crippen LogP contribution in [-0.2, 0) is 6.54 Å². The number of nitrogens with zero attached hydrogens (tertiary/aromatic N) is 3. The number of nitriles is 1. The van der Waals surface area contributed by atoms with Crippen molar-refractivity contribution in [3.05, 3.63) is 35.4 Å². The second kappa shape index (κ2) is 9.93. The minimum absolute atomic E-state index is 0.302. The quantitative estimate of drug-likeness (QED) is 0.728. The molecule has 2 heterocycles. The fourth-order valence-corrected chi connectivity index (χ4v) is 5.25. The van der Waals surface area contributed by atoms with Gasteiger partial charge in [0.05, 0.1) is 11.6 Å². The summed E-state index contributed by atoms with van der Waals surface area (Å²) in [5, 5.41) is 19.1. The van der Waals surface area contributed by atoms with Gasteiger partial charge in [0, 0.05) is 25.6 Å². The topological polar surface area (TPSA) is 50.5 Å². The minimum Gasteiger partial charge on any atom is -0.396 e. The highest BCUT2D eigenvalue weighted by atomic mass is 32.2. The maximum absolute atomic E-state index is 10.1. The van der Waals surface area contributed by atoms with Gasteiger partial charge in [-0.25, -0.2) is 0 Å². The van der Waals surface area contributed by atoms with E-state index in [0.717, 1.165) is 19.6 Å². The van der Waals surface area contributed by atoms with Crippen LogP contribution in [0.25, 0.3) is 0 Å². The number of aliphatic hydroxyl groups excluding tert-OH is 1. The molecule has 2 aliphatic rings. The Morgan fingerprint density at radius 1 is 1.15 bits per heavy atom. The first-order valence-electron chi connectivity index (χ1n) is 10.2. The van der Waals surface area contributed by atoms with E-state index in [1.54, 1.807) is 0 Å². The zero-order valence-electron chi connectivity index (χ0n) is 16.6.